The number of aliphatic hydroxyl groups excluding tert-OH is 2. The van der Waals surface area contributed by atoms with Gasteiger partial charge in [0.25, 0.3) is 5.91 Å². The molecule has 2 atom stereocenters. The fourth-order valence-electron chi connectivity index (χ4n) is 2.56. The maximum atomic E-state index is 12.0. The Morgan fingerprint density at radius 3 is 2.20 bits per heavy atom. The Labute approximate surface area is 176 Å². The van der Waals surface area contributed by atoms with Crippen LogP contribution in [0.5, 0.6) is 11.5 Å². The van der Waals surface area contributed by atoms with Crippen LogP contribution in [0, 0.1) is 17.2 Å². The molecule has 1 amide bonds. The lowest BCUT2D eigenvalue weighted by atomic mass is 10.1. The molecule has 0 aliphatic heterocycles. The Balaban J connectivity index is 2.05. The fraction of sp³-hybridized carbons (Fsp3) is 0.304. The van der Waals surface area contributed by atoms with E-state index in [0.717, 1.165) is 6.42 Å². The third-order valence-corrected chi connectivity index (χ3v) is 4.30. The van der Waals surface area contributed by atoms with Crippen LogP contribution < -0.4 is 14.8 Å². The number of hydrogen-bond acceptors (Lipinski definition) is 6. The maximum absolute atomic E-state index is 12.0. The standard InChI is InChI=1S/C23H26N2O5/c1-16(15-26)8-13-22(29-19-6-4-3-5-7-19)30-20-11-9-18(10-12-20)25-23(28)21(14-24)17(2)27/h3-7,9-12,16,22,26-27H,8,13,15H2,1-2H3,(H,25,28)/b21-17-. The van der Waals surface area contributed by atoms with Gasteiger partial charge in [0, 0.05) is 18.7 Å². The molecule has 0 aliphatic rings. The van der Waals surface area contributed by atoms with Gasteiger partial charge in [0.1, 0.15) is 23.3 Å². The van der Waals surface area contributed by atoms with Gasteiger partial charge in [0.05, 0.1) is 0 Å². The Hall–Kier alpha value is -3.50. The Bertz CT molecular complexity index is 884. The predicted octanol–water partition coefficient (Wildman–Crippen LogP) is 4.17. The minimum atomic E-state index is -0.686. The van der Waals surface area contributed by atoms with Crippen LogP contribution >= 0.6 is 0 Å². The van der Waals surface area contributed by atoms with E-state index in [1.54, 1.807) is 30.3 Å². The number of ether oxygens (including phenoxy) is 2. The fourth-order valence-corrected chi connectivity index (χ4v) is 2.56. The second-order valence-corrected chi connectivity index (χ2v) is 6.89. The normalized spacial score (nSPS) is 13.4. The number of aliphatic hydroxyl groups is 2. The topological polar surface area (TPSA) is 112 Å². The Morgan fingerprint density at radius 1 is 1.07 bits per heavy atom. The number of nitriles is 1. The van der Waals surface area contributed by atoms with Gasteiger partial charge in [-0.25, -0.2) is 0 Å². The number of carbonyl (C=O) groups is 1. The van der Waals surface area contributed by atoms with Gasteiger partial charge < -0.3 is 25.0 Å². The van der Waals surface area contributed by atoms with Gasteiger partial charge in [-0.1, -0.05) is 25.1 Å². The van der Waals surface area contributed by atoms with Gasteiger partial charge in [-0.3, -0.25) is 4.79 Å². The molecule has 2 aromatic carbocycles. The molecule has 0 heterocycles. The summed E-state index contributed by atoms with van der Waals surface area (Å²) in [4.78, 5) is 12.0. The van der Waals surface area contributed by atoms with Crippen LogP contribution in [-0.2, 0) is 4.79 Å². The summed E-state index contributed by atoms with van der Waals surface area (Å²) in [6.45, 7) is 3.33. The quantitative estimate of drug-likeness (QED) is 0.235. The van der Waals surface area contributed by atoms with Crippen molar-refractivity contribution in [3.8, 4) is 17.6 Å². The van der Waals surface area contributed by atoms with E-state index in [4.69, 9.17) is 14.7 Å². The molecule has 7 nitrogen and oxygen atoms in total. The van der Waals surface area contributed by atoms with Crippen LogP contribution in [0.15, 0.2) is 65.9 Å². The molecule has 0 fully saturated rings. The molecule has 7 heteroatoms. The van der Waals surface area contributed by atoms with E-state index >= 15 is 0 Å². The number of allylic oxidation sites excluding steroid dienone is 1. The van der Waals surface area contributed by atoms with Crippen LogP contribution in [0.4, 0.5) is 5.69 Å². The number of carbonyl (C=O) groups excluding carboxylic acids is 1. The smallest absolute Gasteiger partial charge is 0.269 e. The van der Waals surface area contributed by atoms with Crippen molar-refractivity contribution in [3.63, 3.8) is 0 Å². The van der Waals surface area contributed by atoms with Crippen LogP contribution in [0.25, 0.3) is 0 Å². The molecule has 0 aromatic heterocycles. The molecule has 2 unspecified atom stereocenters. The molecule has 0 aliphatic carbocycles. The van der Waals surface area contributed by atoms with E-state index in [1.807, 2.05) is 37.3 Å². The summed E-state index contributed by atoms with van der Waals surface area (Å²) in [5.74, 6) is 0.325. The summed E-state index contributed by atoms with van der Waals surface area (Å²) in [5, 5.41) is 30.1. The number of para-hydroxylation sites is 1. The van der Waals surface area contributed by atoms with Gasteiger partial charge in [-0.15, -0.1) is 0 Å². The van der Waals surface area contributed by atoms with Crippen molar-refractivity contribution >= 4 is 11.6 Å². The van der Waals surface area contributed by atoms with Crippen molar-refractivity contribution in [2.45, 2.75) is 33.0 Å². The van der Waals surface area contributed by atoms with Gasteiger partial charge in [0.15, 0.2) is 5.57 Å². The van der Waals surface area contributed by atoms with Gasteiger partial charge in [0.2, 0.25) is 6.29 Å². The lowest BCUT2D eigenvalue weighted by Gasteiger charge is -2.22. The van der Waals surface area contributed by atoms with E-state index in [2.05, 4.69) is 5.32 Å². The second-order valence-electron chi connectivity index (χ2n) is 6.89. The summed E-state index contributed by atoms with van der Waals surface area (Å²) < 4.78 is 11.9. The number of amides is 1. The molecular formula is C23H26N2O5. The molecule has 30 heavy (non-hydrogen) atoms. The molecular weight excluding hydrogens is 384 g/mol. The first kappa shape index (κ1) is 22.8. The van der Waals surface area contributed by atoms with E-state index in [0.29, 0.717) is 23.6 Å². The molecule has 0 saturated heterocycles. The SMILES string of the molecule is C/C(O)=C(\C#N)C(=O)Nc1ccc(OC(CCC(C)CO)Oc2ccccc2)cc1. The number of hydrogen-bond donors (Lipinski definition) is 3. The minimum Gasteiger partial charge on any atom is -0.511 e. The molecule has 0 radical (unpaired) electrons. The molecule has 3 N–H and O–H groups in total. The second kappa shape index (κ2) is 11.5. The van der Waals surface area contributed by atoms with Gasteiger partial charge in [-0.2, -0.15) is 5.26 Å². The molecule has 2 rings (SSSR count). The monoisotopic (exact) mass is 410 g/mol. The zero-order chi connectivity index (χ0) is 21.9. The average molecular weight is 410 g/mol. The zero-order valence-electron chi connectivity index (χ0n) is 17.0. The first-order valence-electron chi connectivity index (χ1n) is 9.63. The number of nitrogens with zero attached hydrogens (tertiary/aromatic N) is 1. The first-order chi connectivity index (χ1) is 14.4. The van der Waals surface area contributed by atoms with E-state index in [9.17, 15) is 15.0 Å². The molecule has 0 bridgehead atoms. The summed E-state index contributed by atoms with van der Waals surface area (Å²) in [6, 6.07) is 17.6. The zero-order valence-corrected chi connectivity index (χ0v) is 17.0. The van der Waals surface area contributed by atoms with Crippen molar-refractivity contribution in [1.29, 1.82) is 5.26 Å². The highest BCUT2D eigenvalue weighted by atomic mass is 16.7. The number of anilines is 1. The maximum Gasteiger partial charge on any atom is 0.269 e. The summed E-state index contributed by atoms with van der Waals surface area (Å²) in [7, 11) is 0. The number of benzene rings is 2. The van der Waals surface area contributed by atoms with Crippen LogP contribution in [0.2, 0.25) is 0 Å². The van der Waals surface area contributed by atoms with Gasteiger partial charge in [-0.05, 0) is 55.7 Å². The van der Waals surface area contributed by atoms with E-state index < -0.39 is 12.2 Å². The van der Waals surface area contributed by atoms with Crippen molar-refractivity contribution in [3.05, 3.63) is 65.9 Å². The highest BCUT2D eigenvalue weighted by Gasteiger charge is 2.16. The molecule has 2 aromatic rings. The van der Waals surface area contributed by atoms with Crippen molar-refractivity contribution in [1.82, 2.24) is 0 Å². The third-order valence-electron chi connectivity index (χ3n) is 4.30. The minimum absolute atomic E-state index is 0.0961. The summed E-state index contributed by atoms with van der Waals surface area (Å²) >= 11 is 0. The Morgan fingerprint density at radius 2 is 1.67 bits per heavy atom. The lowest BCUT2D eigenvalue weighted by Crippen LogP contribution is -2.25. The molecule has 158 valence electrons. The number of nitrogens with one attached hydrogen (secondary N) is 1. The van der Waals surface area contributed by atoms with Gasteiger partial charge >= 0.3 is 0 Å². The third kappa shape index (κ3) is 7.15. The highest BCUT2D eigenvalue weighted by molar-refractivity contribution is 6.06. The van der Waals surface area contributed by atoms with Crippen molar-refractivity contribution < 1.29 is 24.5 Å². The van der Waals surface area contributed by atoms with Crippen molar-refractivity contribution in [2.75, 3.05) is 11.9 Å². The number of rotatable bonds is 10. The highest BCUT2D eigenvalue weighted by Crippen LogP contribution is 2.22. The lowest BCUT2D eigenvalue weighted by molar-refractivity contribution is -0.112. The predicted molar refractivity (Wildman–Crippen MR) is 113 cm³/mol. The summed E-state index contributed by atoms with van der Waals surface area (Å²) in [6.07, 6.45) is 0.764. The molecule has 0 spiro atoms. The van der Waals surface area contributed by atoms with Crippen LogP contribution in [0.3, 0.4) is 0 Å². The van der Waals surface area contributed by atoms with Crippen LogP contribution in [0.1, 0.15) is 26.7 Å². The Kier molecular flexibility index (Phi) is 8.73. The van der Waals surface area contributed by atoms with Crippen LogP contribution in [-0.4, -0.2) is 29.0 Å². The van der Waals surface area contributed by atoms with Crippen molar-refractivity contribution in [2.24, 2.45) is 5.92 Å². The molecule has 0 saturated carbocycles. The summed E-state index contributed by atoms with van der Waals surface area (Å²) in [5.41, 5.74) is 0.112. The van der Waals surface area contributed by atoms with E-state index in [-0.39, 0.29) is 23.9 Å². The van der Waals surface area contributed by atoms with E-state index in [1.165, 1.54) is 6.92 Å². The first-order valence-corrected chi connectivity index (χ1v) is 9.63. The average Bonchev–Trinajstić information content (AvgIpc) is 2.74. The largest absolute Gasteiger partial charge is 0.511 e.